The fourth-order valence-electron chi connectivity index (χ4n) is 2.81. The van der Waals surface area contributed by atoms with Gasteiger partial charge in [0.1, 0.15) is 4.88 Å². The first-order valence-electron chi connectivity index (χ1n) is 9.37. The number of benzene rings is 1. The van der Waals surface area contributed by atoms with Gasteiger partial charge in [-0.1, -0.05) is 23.7 Å². The van der Waals surface area contributed by atoms with E-state index in [2.05, 4.69) is 0 Å². The Labute approximate surface area is 174 Å². The molecule has 1 amide bonds. The number of hydrogen-bond donors (Lipinski definition) is 1. The summed E-state index contributed by atoms with van der Waals surface area (Å²) in [5.74, 6) is -0.903. The highest BCUT2D eigenvalue weighted by Crippen LogP contribution is 2.18. The Morgan fingerprint density at radius 1 is 1.14 bits per heavy atom. The van der Waals surface area contributed by atoms with Gasteiger partial charge in [0.25, 0.3) is 0 Å². The van der Waals surface area contributed by atoms with Crippen LogP contribution in [0.5, 0.6) is 0 Å². The smallest absolute Gasteiger partial charge is 0.410 e. The fourth-order valence-corrected chi connectivity index (χ4v) is 3.91. The highest BCUT2D eigenvalue weighted by molar-refractivity contribution is 7.13. The molecule has 1 N–H and O–H groups in total. The van der Waals surface area contributed by atoms with E-state index in [9.17, 15) is 9.59 Å². The molecule has 2 aromatic rings. The minimum Gasteiger partial charge on any atom is -0.477 e. The molecule has 0 aliphatic rings. The minimum atomic E-state index is -0.903. The Hall–Kier alpha value is -2.05. The van der Waals surface area contributed by atoms with Gasteiger partial charge in [0, 0.05) is 23.0 Å². The molecular formula is C21H26ClNO4S. The van der Waals surface area contributed by atoms with Gasteiger partial charge >= 0.3 is 12.1 Å². The van der Waals surface area contributed by atoms with Gasteiger partial charge in [0.05, 0.1) is 6.10 Å². The van der Waals surface area contributed by atoms with Crippen LogP contribution in [0, 0.1) is 0 Å². The van der Waals surface area contributed by atoms with Gasteiger partial charge in [0.15, 0.2) is 0 Å². The molecule has 0 unspecified atom stereocenters. The number of thiophene rings is 1. The van der Waals surface area contributed by atoms with E-state index in [1.807, 2.05) is 44.2 Å². The third kappa shape index (κ3) is 7.52. The normalized spacial score (nSPS) is 10.9. The number of carboxylic acids is 1. The van der Waals surface area contributed by atoms with Crippen LogP contribution in [0.15, 0.2) is 36.4 Å². The number of amides is 1. The number of nitrogens with zero attached hydrogens (tertiary/aromatic N) is 1. The second kappa shape index (κ2) is 11.1. The summed E-state index contributed by atoms with van der Waals surface area (Å²) in [5, 5.41) is 9.72. The highest BCUT2D eigenvalue weighted by Gasteiger charge is 2.16. The Kier molecular flexibility index (Phi) is 8.80. The van der Waals surface area contributed by atoms with Crippen LogP contribution in [-0.4, -0.2) is 41.3 Å². The Morgan fingerprint density at radius 2 is 1.86 bits per heavy atom. The van der Waals surface area contributed by atoms with E-state index in [1.165, 1.54) is 11.3 Å². The molecule has 28 heavy (non-hydrogen) atoms. The number of carboxylic acid groups (broad SMARTS) is 1. The van der Waals surface area contributed by atoms with E-state index in [1.54, 1.807) is 11.0 Å². The largest absolute Gasteiger partial charge is 0.477 e. The lowest BCUT2D eigenvalue weighted by atomic mass is 10.1. The SMILES string of the molecule is CC(C)OC(=O)N(CCCc1cccc(Cl)c1)CCCc1ccc(C(=O)O)s1. The second-order valence-corrected chi connectivity index (χ2v) is 8.43. The lowest BCUT2D eigenvalue weighted by molar-refractivity contribution is 0.0700. The molecule has 0 bridgehead atoms. The van der Waals surface area contributed by atoms with E-state index in [0.29, 0.717) is 23.0 Å². The summed E-state index contributed by atoms with van der Waals surface area (Å²) in [5.41, 5.74) is 1.14. The van der Waals surface area contributed by atoms with Crippen molar-refractivity contribution in [2.45, 2.75) is 45.6 Å². The quantitative estimate of drug-likeness (QED) is 0.547. The molecule has 152 valence electrons. The van der Waals surface area contributed by atoms with Crippen molar-refractivity contribution in [3.05, 3.63) is 56.7 Å². The molecule has 0 saturated carbocycles. The Morgan fingerprint density at radius 3 is 2.46 bits per heavy atom. The molecule has 0 aliphatic carbocycles. The molecule has 0 aliphatic heterocycles. The monoisotopic (exact) mass is 423 g/mol. The fraction of sp³-hybridized carbons (Fsp3) is 0.429. The lowest BCUT2D eigenvalue weighted by Crippen LogP contribution is -2.35. The Balaban J connectivity index is 1.86. The maximum Gasteiger partial charge on any atom is 0.410 e. The number of carbonyl (C=O) groups is 2. The predicted molar refractivity (Wildman–Crippen MR) is 113 cm³/mol. The zero-order valence-corrected chi connectivity index (χ0v) is 17.8. The van der Waals surface area contributed by atoms with Gasteiger partial charge in [-0.05, 0) is 69.4 Å². The summed E-state index contributed by atoms with van der Waals surface area (Å²) in [6.07, 6.45) is 2.66. The van der Waals surface area contributed by atoms with E-state index in [4.69, 9.17) is 21.4 Å². The maximum atomic E-state index is 12.4. The van der Waals surface area contributed by atoms with Crippen molar-refractivity contribution in [2.24, 2.45) is 0 Å². The van der Waals surface area contributed by atoms with Crippen LogP contribution in [0.25, 0.3) is 0 Å². The van der Waals surface area contributed by atoms with Crippen LogP contribution in [0.4, 0.5) is 4.79 Å². The van der Waals surface area contributed by atoms with Crippen molar-refractivity contribution in [1.82, 2.24) is 4.90 Å². The number of hydrogen-bond acceptors (Lipinski definition) is 4. The molecule has 1 aromatic carbocycles. The van der Waals surface area contributed by atoms with Gasteiger partial charge in [0.2, 0.25) is 0 Å². The first kappa shape index (κ1) is 22.2. The first-order chi connectivity index (χ1) is 13.3. The number of aryl methyl sites for hydroxylation is 2. The van der Waals surface area contributed by atoms with E-state index < -0.39 is 5.97 Å². The van der Waals surface area contributed by atoms with E-state index >= 15 is 0 Å². The van der Waals surface area contributed by atoms with Crippen molar-refractivity contribution >= 4 is 35.0 Å². The summed E-state index contributed by atoms with van der Waals surface area (Å²) in [4.78, 5) is 26.5. The molecule has 1 heterocycles. The zero-order chi connectivity index (χ0) is 20.5. The van der Waals surface area contributed by atoms with Gasteiger partial charge in [-0.25, -0.2) is 9.59 Å². The average Bonchev–Trinajstić information content (AvgIpc) is 3.09. The standard InChI is InChI=1S/C21H26ClNO4S/c1-15(2)27-21(26)23(12-4-7-16-6-3-8-17(22)14-16)13-5-9-18-10-11-19(28-18)20(24)25/h3,6,8,10-11,14-15H,4-5,7,9,12-13H2,1-2H3,(H,24,25). The average molecular weight is 424 g/mol. The van der Waals surface area contributed by atoms with Crippen molar-refractivity contribution in [1.29, 1.82) is 0 Å². The zero-order valence-electron chi connectivity index (χ0n) is 16.2. The summed E-state index contributed by atoms with van der Waals surface area (Å²) >= 11 is 7.30. The van der Waals surface area contributed by atoms with Crippen LogP contribution < -0.4 is 0 Å². The molecule has 1 aromatic heterocycles. The number of halogens is 1. The van der Waals surface area contributed by atoms with Crippen LogP contribution in [0.3, 0.4) is 0 Å². The summed E-state index contributed by atoms with van der Waals surface area (Å²) < 4.78 is 5.36. The van der Waals surface area contributed by atoms with E-state index in [-0.39, 0.29) is 12.2 Å². The molecule has 0 atom stereocenters. The minimum absolute atomic E-state index is 0.168. The predicted octanol–water partition coefficient (Wildman–Crippen LogP) is 5.51. The molecular weight excluding hydrogens is 398 g/mol. The molecule has 0 radical (unpaired) electrons. The molecule has 0 fully saturated rings. The van der Waals surface area contributed by atoms with Crippen LogP contribution in [-0.2, 0) is 17.6 Å². The van der Waals surface area contributed by atoms with Crippen molar-refractivity contribution < 1.29 is 19.4 Å². The van der Waals surface area contributed by atoms with E-state index in [0.717, 1.165) is 36.1 Å². The number of ether oxygens (including phenoxy) is 1. The third-order valence-electron chi connectivity index (χ3n) is 4.10. The highest BCUT2D eigenvalue weighted by atomic mass is 35.5. The van der Waals surface area contributed by atoms with Crippen LogP contribution >= 0.6 is 22.9 Å². The van der Waals surface area contributed by atoms with Gasteiger partial charge in [-0.2, -0.15) is 0 Å². The third-order valence-corrected chi connectivity index (χ3v) is 5.47. The van der Waals surface area contributed by atoms with Crippen molar-refractivity contribution in [2.75, 3.05) is 13.1 Å². The summed E-state index contributed by atoms with van der Waals surface area (Å²) in [7, 11) is 0. The van der Waals surface area contributed by atoms with Crippen molar-refractivity contribution in [3.63, 3.8) is 0 Å². The Bertz CT molecular complexity index is 790. The topological polar surface area (TPSA) is 66.8 Å². The molecule has 7 heteroatoms. The number of aromatic carboxylic acids is 1. The number of rotatable bonds is 10. The van der Waals surface area contributed by atoms with Gasteiger partial charge < -0.3 is 14.7 Å². The summed E-state index contributed by atoms with van der Waals surface area (Å²) in [6, 6.07) is 11.2. The second-order valence-electron chi connectivity index (χ2n) is 6.83. The van der Waals surface area contributed by atoms with Gasteiger partial charge in [-0.3, -0.25) is 0 Å². The van der Waals surface area contributed by atoms with Gasteiger partial charge in [-0.15, -0.1) is 11.3 Å². The molecule has 2 rings (SSSR count). The first-order valence-corrected chi connectivity index (χ1v) is 10.6. The van der Waals surface area contributed by atoms with Crippen LogP contribution in [0.1, 0.15) is 46.8 Å². The number of carbonyl (C=O) groups excluding carboxylic acids is 1. The maximum absolute atomic E-state index is 12.4. The summed E-state index contributed by atoms with van der Waals surface area (Å²) in [6.45, 7) is 4.84. The van der Waals surface area contributed by atoms with Crippen LogP contribution in [0.2, 0.25) is 5.02 Å². The molecule has 0 spiro atoms. The molecule has 5 nitrogen and oxygen atoms in total. The lowest BCUT2D eigenvalue weighted by Gasteiger charge is -2.23. The van der Waals surface area contributed by atoms with Crippen molar-refractivity contribution in [3.8, 4) is 0 Å². The molecule has 0 saturated heterocycles.